The van der Waals surface area contributed by atoms with E-state index in [-0.39, 0.29) is 18.6 Å². The first-order valence-electron chi connectivity index (χ1n) is 9.21. The summed E-state index contributed by atoms with van der Waals surface area (Å²) >= 11 is 0. The van der Waals surface area contributed by atoms with E-state index in [4.69, 9.17) is 18.9 Å². The molecule has 2 aromatic rings. The number of hydrogen-bond acceptors (Lipinski definition) is 5. The van der Waals surface area contributed by atoms with Gasteiger partial charge in [0, 0.05) is 0 Å². The van der Waals surface area contributed by atoms with Crippen molar-refractivity contribution in [3.8, 4) is 23.0 Å². The van der Waals surface area contributed by atoms with Crippen molar-refractivity contribution >= 4 is 5.91 Å². The Morgan fingerprint density at radius 1 is 0.929 bits per heavy atom. The van der Waals surface area contributed by atoms with Crippen molar-refractivity contribution in [3.05, 3.63) is 47.5 Å². The van der Waals surface area contributed by atoms with Crippen molar-refractivity contribution in [2.24, 2.45) is 0 Å². The van der Waals surface area contributed by atoms with Gasteiger partial charge in [0.1, 0.15) is 5.75 Å². The lowest BCUT2D eigenvalue weighted by Crippen LogP contribution is -2.31. The number of nitrogens with one attached hydrogen (secondary N) is 1. The number of rotatable bonds is 9. The van der Waals surface area contributed by atoms with Crippen LogP contribution in [0.25, 0.3) is 0 Å². The largest absolute Gasteiger partial charge is 0.493 e. The predicted molar refractivity (Wildman–Crippen MR) is 109 cm³/mol. The van der Waals surface area contributed by atoms with Crippen LogP contribution in [0.4, 0.5) is 0 Å². The second-order valence-electron chi connectivity index (χ2n) is 6.76. The standard InChI is InChI=1S/C22H29NO5/c1-14(2)16-8-7-9-18(10-16)28-13-21(24)23-15(3)17-11-19(25-4)22(27-6)20(12-17)26-5/h7-12,14-15H,13H2,1-6H3,(H,23,24). The monoisotopic (exact) mass is 387 g/mol. The van der Waals surface area contributed by atoms with E-state index in [0.29, 0.717) is 28.9 Å². The fourth-order valence-electron chi connectivity index (χ4n) is 2.83. The number of ether oxygens (including phenoxy) is 4. The van der Waals surface area contributed by atoms with Crippen LogP contribution < -0.4 is 24.3 Å². The fraction of sp³-hybridized carbons (Fsp3) is 0.409. The minimum Gasteiger partial charge on any atom is -0.493 e. The molecule has 0 aliphatic heterocycles. The zero-order valence-electron chi connectivity index (χ0n) is 17.4. The first-order valence-corrected chi connectivity index (χ1v) is 9.21. The molecule has 0 saturated carbocycles. The van der Waals surface area contributed by atoms with E-state index in [2.05, 4.69) is 19.2 Å². The Bertz CT molecular complexity index is 778. The number of carbonyl (C=O) groups is 1. The van der Waals surface area contributed by atoms with Crippen LogP contribution in [0.1, 0.15) is 43.9 Å². The Morgan fingerprint density at radius 2 is 1.57 bits per heavy atom. The molecule has 0 aliphatic rings. The quantitative estimate of drug-likeness (QED) is 0.702. The molecule has 0 radical (unpaired) electrons. The molecule has 1 amide bonds. The molecular formula is C22H29NO5. The van der Waals surface area contributed by atoms with Crippen molar-refractivity contribution in [2.75, 3.05) is 27.9 Å². The van der Waals surface area contributed by atoms with Crippen molar-refractivity contribution in [2.45, 2.75) is 32.7 Å². The van der Waals surface area contributed by atoms with E-state index in [1.807, 2.05) is 43.3 Å². The molecule has 0 heterocycles. The smallest absolute Gasteiger partial charge is 0.258 e. The van der Waals surface area contributed by atoms with Crippen molar-refractivity contribution in [1.29, 1.82) is 0 Å². The summed E-state index contributed by atoms with van der Waals surface area (Å²) in [7, 11) is 4.67. The number of hydrogen-bond donors (Lipinski definition) is 1. The van der Waals surface area contributed by atoms with Gasteiger partial charge in [-0.05, 0) is 48.2 Å². The molecule has 1 unspecified atom stereocenters. The maximum Gasteiger partial charge on any atom is 0.258 e. The van der Waals surface area contributed by atoms with Crippen molar-refractivity contribution in [3.63, 3.8) is 0 Å². The molecule has 152 valence electrons. The van der Waals surface area contributed by atoms with E-state index in [9.17, 15) is 4.79 Å². The van der Waals surface area contributed by atoms with Gasteiger partial charge in [0.2, 0.25) is 5.75 Å². The van der Waals surface area contributed by atoms with Crippen molar-refractivity contribution in [1.82, 2.24) is 5.32 Å². The van der Waals surface area contributed by atoms with Crippen LogP contribution >= 0.6 is 0 Å². The van der Waals surface area contributed by atoms with Crippen molar-refractivity contribution < 1.29 is 23.7 Å². The molecule has 2 rings (SSSR count). The lowest BCUT2D eigenvalue weighted by Gasteiger charge is -2.19. The molecule has 0 spiro atoms. The second kappa shape index (κ2) is 9.88. The third-order valence-corrected chi connectivity index (χ3v) is 4.46. The highest BCUT2D eigenvalue weighted by Gasteiger charge is 2.18. The fourth-order valence-corrected chi connectivity index (χ4v) is 2.83. The molecule has 1 atom stereocenters. The summed E-state index contributed by atoms with van der Waals surface area (Å²) in [5, 5.41) is 2.93. The molecule has 6 nitrogen and oxygen atoms in total. The van der Waals surface area contributed by atoms with E-state index < -0.39 is 0 Å². The highest BCUT2D eigenvalue weighted by Crippen LogP contribution is 2.39. The number of benzene rings is 2. The molecule has 0 saturated heterocycles. The molecule has 0 aromatic heterocycles. The third kappa shape index (κ3) is 5.31. The summed E-state index contributed by atoms with van der Waals surface area (Å²) in [6.45, 7) is 6.06. The molecule has 6 heteroatoms. The van der Waals surface area contributed by atoms with Gasteiger partial charge in [-0.15, -0.1) is 0 Å². The van der Waals surface area contributed by atoms with Gasteiger partial charge in [0.05, 0.1) is 27.4 Å². The van der Waals surface area contributed by atoms with Gasteiger partial charge in [0.25, 0.3) is 5.91 Å². The molecule has 1 N–H and O–H groups in total. The summed E-state index contributed by atoms with van der Waals surface area (Å²) in [5.41, 5.74) is 2.01. The van der Waals surface area contributed by atoms with Crippen LogP contribution in [0.15, 0.2) is 36.4 Å². The highest BCUT2D eigenvalue weighted by molar-refractivity contribution is 5.78. The van der Waals surface area contributed by atoms with Crippen LogP contribution in [0.2, 0.25) is 0 Å². The van der Waals surface area contributed by atoms with E-state index >= 15 is 0 Å². The Hall–Kier alpha value is -2.89. The Balaban J connectivity index is 2.03. The second-order valence-corrected chi connectivity index (χ2v) is 6.76. The zero-order valence-corrected chi connectivity index (χ0v) is 17.4. The lowest BCUT2D eigenvalue weighted by molar-refractivity contribution is -0.123. The average molecular weight is 387 g/mol. The minimum absolute atomic E-state index is 0.0592. The normalized spacial score (nSPS) is 11.7. The Labute approximate surface area is 166 Å². The Kier molecular flexibility index (Phi) is 7.55. The van der Waals surface area contributed by atoms with Crippen LogP contribution in [0.3, 0.4) is 0 Å². The molecule has 28 heavy (non-hydrogen) atoms. The Morgan fingerprint density at radius 3 is 2.11 bits per heavy atom. The van der Waals surface area contributed by atoms with E-state index in [0.717, 1.165) is 5.56 Å². The number of methoxy groups -OCH3 is 3. The average Bonchev–Trinajstić information content (AvgIpc) is 2.71. The molecule has 0 bridgehead atoms. The van der Waals surface area contributed by atoms with Gasteiger partial charge in [-0.25, -0.2) is 0 Å². The maximum absolute atomic E-state index is 12.3. The van der Waals surface area contributed by atoms with E-state index in [1.54, 1.807) is 21.3 Å². The van der Waals surface area contributed by atoms with Crippen LogP contribution in [-0.2, 0) is 4.79 Å². The first-order chi connectivity index (χ1) is 13.4. The molecule has 0 fully saturated rings. The maximum atomic E-state index is 12.3. The van der Waals surface area contributed by atoms with Crippen LogP contribution in [0, 0.1) is 0 Å². The summed E-state index contributed by atoms with van der Waals surface area (Å²) < 4.78 is 21.7. The summed E-state index contributed by atoms with van der Waals surface area (Å²) in [6.07, 6.45) is 0. The van der Waals surface area contributed by atoms with Crippen LogP contribution in [0.5, 0.6) is 23.0 Å². The first kappa shape index (κ1) is 21.4. The highest BCUT2D eigenvalue weighted by atomic mass is 16.5. The molecule has 0 aliphatic carbocycles. The SMILES string of the molecule is COc1cc(C(C)NC(=O)COc2cccc(C(C)C)c2)cc(OC)c1OC. The number of amides is 1. The molecular weight excluding hydrogens is 358 g/mol. The number of carbonyl (C=O) groups excluding carboxylic acids is 1. The van der Waals surface area contributed by atoms with Crippen LogP contribution in [-0.4, -0.2) is 33.8 Å². The summed E-state index contributed by atoms with van der Waals surface area (Å²) in [4.78, 5) is 12.3. The van der Waals surface area contributed by atoms with Gasteiger partial charge >= 0.3 is 0 Å². The third-order valence-electron chi connectivity index (χ3n) is 4.46. The van der Waals surface area contributed by atoms with Gasteiger partial charge in [-0.1, -0.05) is 26.0 Å². The summed E-state index contributed by atoms with van der Waals surface area (Å²) in [6, 6.07) is 11.2. The van der Waals surface area contributed by atoms with Gasteiger partial charge in [-0.2, -0.15) is 0 Å². The minimum atomic E-state index is -0.258. The van der Waals surface area contributed by atoms with Gasteiger partial charge in [-0.3, -0.25) is 4.79 Å². The molecule has 2 aromatic carbocycles. The van der Waals surface area contributed by atoms with Gasteiger partial charge in [0.15, 0.2) is 18.1 Å². The topological polar surface area (TPSA) is 66.0 Å². The van der Waals surface area contributed by atoms with E-state index in [1.165, 1.54) is 5.56 Å². The predicted octanol–water partition coefficient (Wildman–Crippen LogP) is 4.09. The summed E-state index contributed by atoms with van der Waals surface area (Å²) in [5.74, 6) is 2.47. The lowest BCUT2D eigenvalue weighted by atomic mass is 10.0. The zero-order chi connectivity index (χ0) is 20.7. The van der Waals surface area contributed by atoms with Gasteiger partial charge < -0.3 is 24.3 Å².